The summed E-state index contributed by atoms with van der Waals surface area (Å²) in [7, 11) is 0. The van der Waals surface area contributed by atoms with E-state index < -0.39 is 6.09 Å². The van der Waals surface area contributed by atoms with Gasteiger partial charge in [0, 0.05) is 6.20 Å². The van der Waals surface area contributed by atoms with Crippen molar-refractivity contribution in [1.29, 1.82) is 0 Å². The molecule has 60 valence electrons. The van der Waals surface area contributed by atoms with Crippen molar-refractivity contribution in [3.8, 4) is 0 Å². The summed E-state index contributed by atoms with van der Waals surface area (Å²) in [6.45, 7) is 0.120. The van der Waals surface area contributed by atoms with Crippen LogP contribution >= 0.6 is 0 Å². The minimum absolute atomic E-state index is 0.120. The fraction of sp³-hybridized carbons (Fsp3) is 0.200. The molecule has 6 nitrogen and oxygen atoms in total. The second kappa shape index (κ2) is 3.02. The monoisotopic (exact) mass is 156 g/mol. The number of carbonyl (C=O) groups is 1. The van der Waals surface area contributed by atoms with Crippen molar-refractivity contribution in [1.82, 2.24) is 15.2 Å². The summed E-state index contributed by atoms with van der Waals surface area (Å²) in [4.78, 5) is 10.2. The number of nitrogens with one attached hydrogen (secondary N) is 1. The van der Waals surface area contributed by atoms with Crippen LogP contribution in [0.4, 0.5) is 4.79 Å². The van der Waals surface area contributed by atoms with E-state index in [1.54, 1.807) is 6.07 Å². The topological polar surface area (TPSA) is 95.2 Å². The van der Waals surface area contributed by atoms with Gasteiger partial charge in [0.05, 0.1) is 12.2 Å². The van der Waals surface area contributed by atoms with E-state index in [4.69, 9.17) is 10.9 Å². The third-order valence-electron chi connectivity index (χ3n) is 1.14. The molecule has 11 heavy (non-hydrogen) atoms. The lowest BCUT2D eigenvalue weighted by atomic mass is 10.4. The highest BCUT2D eigenvalue weighted by Crippen LogP contribution is 1.94. The number of rotatable bonds is 2. The molecule has 0 radical (unpaired) electrons. The molecule has 0 saturated carbocycles. The highest BCUT2D eigenvalue weighted by atomic mass is 16.4. The van der Waals surface area contributed by atoms with E-state index in [9.17, 15) is 4.79 Å². The van der Waals surface area contributed by atoms with Gasteiger partial charge in [0.1, 0.15) is 0 Å². The number of carboxylic acid groups (broad SMARTS) is 1. The van der Waals surface area contributed by atoms with Crippen molar-refractivity contribution < 1.29 is 9.90 Å². The third kappa shape index (κ3) is 1.94. The Morgan fingerprint density at radius 3 is 3.09 bits per heavy atom. The maximum Gasteiger partial charge on any atom is 0.421 e. The number of nitrogens with zero attached hydrogens (tertiary/aromatic N) is 2. The molecule has 0 atom stereocenters. The van der Waals surface area contributed by atoms with E-state index >= 15 is 0 Å². The summed E-state index contributed by atoms with van der Waals surface area (Å²) in [6, 6.07) is 1.66. The first-order valence-electron chi connectivity index (χ1n) is 2.93. The normalized spacial score (nSPS) is 9.55. The Morgan fingerprint density at radius 2 is 2.64 bits per heavy atom. The van der Waals surface area contributed by atoms with Crippen molar-refractivity contribution in [2.24, 2.45) is 5.84 Å². The molecule has 0 unspecified atom stereocenters. The van der Waals surface area contributed by atoms with E-state index in [0.29, 0.717) is 10.7 Å². The first kappa shape index (κ1) is 7.55. The van der Waals surface area contributed by atoms with Gasteiger partial charge in [0.15, 0.2) is 0 Å². The summed E-state index contributed by atoms with van der Waals surface area (Å²) < 4.78 is 0. The second-order valence-electron chi connectivity index (χ2n) is 1.99. The zero-order valence-corrected chi connectivity index (χ0v) is 5.69. The highest BCUT2D eigenvalue weighted by Gasteiger charge is 2.06. The van der Waals surface area contributed by atoms with Gasteiger partial charge in [-0.15, -0.1) is 0 Å². The van der Waals surface area contributed by atoms with Crippen molar-refractivity contribution >= 4 is 6.09 Å². The molecule has 1 aromatic heterocycles. The quantitative estimate of drug-likeness (QED) is 0.313. The smallest absolute Gasteiger partial charge is 0.421 e. The van der Waals surface area contributed by atoms with Gasteiger partial charge >= 0.3 is 6.09 Å². The van der Waals surface area contributed by atoms with Crippen LogP contribution in [0.3, 0.4) is 0 Å². The molecule has 0 fully saturated rings. The number of aromatic nitrogens is 2. The zero-order chi connectivity index (χ0) is 8.27. The molecule has 4 N–H and O–H groups in total. The lowest BCUT2D eigenvalue weighted by Gasteiger charge is -2.09. The van der Waals surface area contributed by atoms with Crippen LogP contribution in [-0.4, -0.2) is 26.4 Å². The average molecular weight is 156 g/mol. The molecule has 0 aliphatic carbocycles. The summed E-state index contributed by atoms with van der Waals surface area (Å²) in [5, 5.41) is 15.2. The van der Waals surface area contributed by atoms with Crippen molar-refractivity contribution in [3.63, 3.8) is 0 Å². The fourth-order valence-electron chi connectivity index (χ4n) is 0.624. The van der Waals surface area contributed by atoms with Crippen LogP contribution in [-0.2, 0) is 6.54 Å². The summed E-state index contributed by atoms with van der Waals surface area (Å²) >= 11 is 0. The molecule has 0 aromatic carbocycles. The third-order valence-corrected chi connectivity index (χ3v) is 1.14. The lowest BCUT2D eigenvalue weighted by molar-refractivity contribution is 0.142. The minimum Gasteiger partial charge on any atom is -0.464 e. The van der Waals surface area contributed by atoms with Gasteiger partial charge < -0.3 is 5.11 Å². The van der Waals surface area contributed by atoms with Crippen molar-refractivity contribution in [3.05, 3.63) is 18.0 Å². The van der Waals surface area contributed by atoms with Gasteiger partial charge in [-0.1, -0.05) is 0 Å². The fourth-order valence-corrected chi connectivity index (χ4v) is 0.624. The molecule has 0 saturated heterocycles. The van der Waals surface area contributed by atoms with Gasteiger partial charge in [-0.3, -0.25) is 5.10 Å². The number of hydrogen-bond donors (Lipinski definition) is 3. The Hall–Kier alpha value is -1.56. The second-order valence-corrected chi connectivity index (χ2v) is 1.99. The van der Waals surface area contributed by atoms with E-state index in [0.717, 1.165) is 0 Å². The van der Waals surface area contributed by atoms with E-state index in [-0.39, 0.29) is 6.54 Å². The number of nitrogens with two attached hydrogens (primary N) is 1. The number of H-pyrrole nitrogens is 1. The minimum atomic E-state index is -1.17. The Kier molecular flexibility index (Phi) is 2.07. The first-order valence-corrected chi connectivity index (χ1v) is 2.93. The Morgan fingerprint density at radius 1 is 1.91 bits per heavy atom. The number of hydrogen-bond acceptors (Lipinski definition) is 3. The highest BCUT2D eigenvalue weighted by molar-refractivity contribution is 5.63. The van der Waals surface area contributed by atoms with Gasteiger partial charge in [0.2, 0.25) is 0 Å². The molecule has 0 spiro atoms. The summed E-state index contributed by atoms with van der Waals surface area (Å²) in [5.74, 6) is 5.09. The lowest BCUT2D eigenvalue weighted by Crippen LogP contribution is -2.35. The van der Waals surface area contributed by atoms with Gasteiger partial charge in [-0.2, -0.15) is 5.10 Å². The van der Waals surface area contributed by atoms with Crippen LogP contribution in [0, 0.1) is 0 Å². The Bertz CT molecular complexity index is 233. The van der Waals surface area contributed by atoms with Gasteiger partial charge in [-0.05, 0) is 6.07 Å². The summed E-state index contributed by atoms with van der Waals surface area (Å²) in [5.41, 5.74) is 0.662. The molecule has 1 aromatic rings. The van der Waals surface area contributed by atoms with Crippen molar-refractivity contribution in [2.75, 3.05) is 0 Å². The van der Waals surface area contributed by atoms with Gasteiger partial charge in [0.25, 0.3) is 0 Å². The maximum absolute atomic E-state index is 10.2. The molecule has 6 heteroatoms. The maximum atomic E-state index is 10.2. The molecule has 1 amide bonds. The van der Waals surface area contributed by atoms with E-state index in [1.165, 1.54) is 6.20 Å². The van der Waals surface area contributed by atoms with Crippen LogP contribution in [0.5, 0.6) is 0 Å². The van der Waals surface area contributed by atoms with Gasteiger partial charge in [-0.25, -0.2) is 15.6 Å². The van der Waals surface area contributed by atoms with E-state index in [2.05, 4.69) is 10.2 Å². The van der Waals surface area contributed by atoms with Crippen molar-refractivity contribution in [2.45, 2.75) is 6.54 Å². The molecule has 1 heterocycles. The molecule has 0 aliphatic rings. The molecule has 1 rings (SSSR count). The molecular formula is C5H8N4O2. The standard InChI is InChI=1S/C5H8N4O2/c6-9(5(10)11)3-4-1-2-7-8-4/h1-2H,3,6H2,(H,7,8)(H,10,11). The predicted octanol–water partition coefficient (Wildman–Crippen LogP) is -0.237. The largest absolute Gasteiger partial charge is 0.464 e. The molecular weight excluding hydrogens is 148 g/mol. The molecule has 0 aliphatic heterocycles. The number of amides is 1. The number of hydrazine groups is 1. The summed E-state index contributed by atoms with van der Waals surface area (Å²) in [6.07, 6.45) is 0.366. The van der Waals surface area contributed by atoms with Crippen LogP contribution in [0.15, 0.2) is 12.3 Å². The van der Waals surface area contributed by atoms with Crippen LogP contribution in [0.2, 0.25) is 0 Å². The van der Waals surface area contributed by atoms with Crippen LogP contribution in [0.25, 0.3) is 0 Å². The molecule has 0 bridgehead atoms. The first-order chi connectivity index (χ1) is 5.20. The SMILES string of the molecule is NN(Cc1ccn[nH]1)C(=O)O. The van der Waals surface area contributed by atoms with Crippen LogP contribution < -0.4 is 5.84 Å². The van der Waals surface area contributed by atoms with E-state index in [1.807, 2.05) is 0 Å². The Balaban J connectivity index is 2.50. The predicted molar refractivity (Wildman–Crippen MR) is 36.3 cm³/mol. The number of aromatic amines is 1. The van der Waals surface area contributed by atoms with Crippen LogP contribution in [0.1, 0.15) is 5.69 Å². The average Bonchev–Trinajstić information content (AvgIpc) is 2.39. The Labute approximate surface area is 62.6 Å². The zero-order valence-electron chi connectivity index (χ0n) is 5.69.